The molecular formula is C16H19FN6O3S2. The van der Waals surface area contributed by atoms with Gasteiger partial charge in [-0.15, -0.1) is 5.10 Å². The number of tetrazole rings is 1. The summed E-state index contributed by atoms with van der Waals surface area (Å²) in [5.41, 5.74) is 0. The van der Waals surface area contributed by atoms with Gasteiger partial charge in [-0.2, -0.15) is 4.31 Å². The number of aromatic nitrogens is 4. The van der Waals surface area contributed by atoms with Crippen molar-refractivity contribution in [1.29, 1.82) is 0 Å². The summed E-state index contributed by atoms with van der Waals surface area (Å²) in [7, 11) is -3.91. The molecule has 0 spiro atoms. The first-order chi connectivity index (χ1) is 13.5. The number of rotatable bonds is 6. The minimum absolute atomic E-state index is 0.0988. The van der Waals surface area contributed by atoms with Crippen LogP contribution in [0.2, 0.25) is 0 Å². The van der Waals surface area contributed by atoms with Crippen molar-refractivity contribution in [1.82, 2.24) is 29.4 Å². The van der Waals surface area contributed by atoms with E-state index < -0.39 is 15.8 Å². The third kappa shape index (κ3) is 3.89. The molecule has 1 aromatic heterocycles. The number of hydrogen-bond donors (Lipinski definition) is 0. The Morgan fingerprint density at radius 2 is 1.89 bits per heavy atom. The zero-order valence-corrected chi connectivity index (χ0v) is 16.6. The Balaban J connectivity index is 1.33. The normalized spacial score (nSPS) is 18.4. The highest BCUT2D eigenvalue weighted by molar-refractivity contribution is 7.99. The molecule has 9 nitrogen and oxygen atoms in total. The van der Waals surface area contributed by atoms with E-state index >= 15 is 0 Å². The number of sulfonamides is 1. The van der Waals surface area contributed by atoms with Gasteiger partial charge in [-0.1, -0.05) is 23.9 Å². The third-order valence-electron chi connectivity index (χ3n) is 4.73. The van der Waals surface area contributed by atoms with Gasteiger partial charge in [0.1, 0.15) is 10.7 Å². The maximum absolute atomic E-state index is 13.9. The van der Waals surface area contributed by atoms with Crippen LogP contribution in [0.25, 0.3) is 0 Å². The molecule has 0 radical (unpaired) electrons. The number of amides is 1. The lowest BCUT2D eigenvalue weighted by atomic mass is 10.3. The van der Waals surface area contributed by atoms with Crippen molar-refractivity contribution in [2.45, 2.75) is 28.9 Å². The number of benzene rings is 1. The van der Waals surface area contributed by atoms with Crippen LogP contribution in [0.4, 0.5) is 4.39 Å². The highest BCUT2D eigenvalue weighted by Crippen LogP contribution is 2.36. The van der Waals surface area contributed by atoms with E-state index in [4.69, 9.17) is 0 Å². The highest BCUT2D eigenvalue weighted by Gasteiger charge is 2.32. The van der Waals surface area contributed by atoms with Gasteiger partial charge in [-0.05, 0) is 35.4 Å². The molecule has 0 N–H and O–H groups in total. The molecule has 1 amide bonds. The fourth-order valence-electron chi connectivity index (χ4n) is 3.02. The van der Waals surface area contributed by atoms with Crippen LogP contribution < -0.4 is 0 Å². The van der Waals surface area contributed by atoms with E-state index in [9.17, 15) is 17.6 Å². The number of halogens is 1. The molecule has 1 aromatic carbocycles. The zero-order valence-electron chi connectivity index (χ0n) is 14.9. The van der Waals surface area contributed by atoms with Crippen LogP contribution in [0.5, 0.6) is 0 Å². The molecule has 0 unspecified atom stereocenters. The number of piperazine rings is 1. The SMILES string of the molecule is O=C(CSc1nnnn1C1CC1)N1CCN(S(=O)(=O)c2ccccc2F)CC1. The van der Waals surface area contributed by atoms with Gasteiger partial charge in [0.15, 0.2) is 0 Å². The molecule has 12 heteroatoms. The van der Waals surface area contributed by atoms with Crippen molar-refractivity contribution >= 4 is 27.7 Å². The molecule has 1 aliphatic heterocycles. The average Bonchev–Trinajstić information content (AvgIpc) is 3.44. The standard InChI is InChI=1S/C16H19FN6O3S2/c17-13-3-1-2-4-14(13)28(25,26)22-9-7-21(8-10-22)15(24)11-27-16-18-19-20-23(16)12-5-6-12/h1-4,12H,5-11H2. The second-order valence-electron chi connectivity index (χ2n) is 6.64. The lowest BCUT2D eigenvalue weighted by Gasteiger charge is -2.34. The van der Waals surface area contributed by atoms with Gasteiger partial charge in [0.25, 0.3) is 0 Å². The molecule has 0 bridgehead atoms. The van der Waals surface area contributed by atoms with Crippen LogP contribution >= 0.6 is 11.8 Å². The zero-order chi connectivity index (χ0) is 19.7. The van der Waals surface area contributed by atoms with E-state index in [0.717, 1.165) is 18.9 Å². The van der Waals surface area contributed by atoms with Crippen molar-refractivity contribution in [2.24, 2.45) is 0 Å². The topological polar surface area (TPSA) is 101 Å². The van der Waals surface area contributed by atoms with Crippen LogP contribution in [0.3, 0.4) is 0 Å². The molecule has 2 fully saturated rings. The summed E-state index contributed by atoms with van der Waals surface area (Å²) < 4.78 is 42.1. The number of thioether (sulfide) groups is 1. The molecule has 2 aromatic rings. The molecule has 1 saturated carbocycles. The first-order valence-electron chi connectivity index (χ1n) is 8.90. The van der Waals surface area contributed by atoms with Crippen LogP contribution in [0.15, 0.2) is 34.3 Å². The smallest absolute Gasteiger partial charge is 0.246 e. The predicted molar refractivity (Wildman–Crippen MR) is 98.6 cm³/mol. The summed E-state index contributed by atoms with van der Waals surface area (Å²) in [5.74, 6) is -0.684. The number of carbonyl (C=O) groups excluding carboxylic acids is 1. The van der Waals surface area contributed by atoms with Crippen LogP contribution in [-0.4, -0.2) is 75.7 Å². The molecule has 0 atom stereocenters. The van der Waals surface area contributed by atoms with Gasteiger partial charge in [0.05, 0.1) is 11.8 Å². The maximum Gasteiger partial charge on any atom is 0.246 e. The summed E-state index contributed by atoms with van der Waals surface area (Å²) in [5, 5.41) is 12.2. The van der Waals surface area contributed by atoms with E-state index in [0.29, 0.717) is 11.2 Å². The van der Waals surface area contributed by atoms with Crippen molar-refractivity contribution in [3.63, 3.8) is 0 Å². The second kappa shape index (κ2) is 7.76. The maximum atomic E-state index is 13.9. The van der Waals surface area contributed by atoms with E-state index in [1.807, 2.05) is 0 Å². The number of hydrogen-bond acceptors (Lipinski definition) is 7. The Labute approximate surface area is 165 Å². The Morgan fingerprint density at radius 1 is 1.18 bits per heavy atom. The molecule has 1 aliphatic carbocycles. The highest BCUT2D eigenvalue weighted by atomic mass is 32.2. The van der Waals surface area contributed by atoms with Gasteiger partial charge in [0.2, 0.25) is 21.1 Å². The first-order valence-corrected chi connectivity index (χ1v) is 11.3. The van der Waals surface area contributed by atoms with Crippen LogP contribution in [0, 0.1) is 5.82 Å². The van der Waals surface area contributed by atoms with Crippen molar-refractivity contribution in [3.8, 4) is 0 Å². The fourth-order valence-corrected chi connectivity index (χ4v) is 5.35. The lowest BCUT2D eigenvalue weighted by molar-refractivity contribution is -0.129. The molecule has 4 rings (SSSR count). The van der Waals surface area contributed by atoms with Crippen LogP contribution in [0.1, 0.15) is 18.9 Å². The van der Waals surface area contributed by atoms with Gasteiger partial charge < -0.3 is 4.90 Å². The Hall–Kier alpha value is -2.05. The summed E-state index contributed by atoms with van der Waals surface area (Å²) in [4.78, 5) is 13.8. The van der Waals surface area contributed by atoms with Gasteiger partial charge in [-0.25, -0.2) is 17.5 Å². The van der Waals surface area contributed by atoms with Crippen molar-refractivity contribution in [3.05, 3.63) is 30.1 Å². The minimum Gasteiger partial charge on any atom is -0.339 e. The summed E-state index contributed by atoms with van der Waals surface area (Å²) in [6.07, 6.45) is 2.09. The second-order valence-corrected chi connectivity index (χ2v) is 9.49. The number of nitrogens with zero attached hydrogens (tertiary/aromatic N) is 6. The molecule has 28 heavy (non-hydrogen) atoms. The Morgan fingerprint density at radius 3 is 2.57 bits per heavy atom. The van der Waals surface area contributed by atoms with Crippen LogP contribution in [-0.2, 0) is 14.8 Å². The summed E-state index contributed by atoms with van der Waals surface area (Å²) in [6, 6.07) is 5.64. The van der Waals surface area contributed by atoms with Gasteiger partial charge in [-0.3, -0.25) is 4.79 Å². The minimum atomic E-state index is -3.91. The van der Waals surface area contributed by atoms with E-state index in [2.05, 4.69) is 15.5 Å². The molecule has 150 valence electrons. The van der Waals surface area contributed by atoms with Crippen molar-refractivity contribution in [2.75, 3.05) is 31.9 Å². The summed E-state index contributed by atoms with van der Waals surface area (Å²) in [6.45, 7) is 0.793. The predicted octanol–water partition coefficient (Wildman–Crippen LogP) is 0.772. The van der Waals surface area contributed by atoms with E-state index in [-0.39, 0.29) is 42.7 Å². The molecular weight excluding hydrogens is 407 g/mol. The number of carbonyl (C=O) groups is 1. The summed E-state index contributed by atoms with van der Waals surface area (Å²) >= 11 is 1.28. The van der Waals surface area contributed by atoms with Crippen molar-refractivity contribution < 1.29 is 17.6 Å². The molecule has 1 saturated heterocycles. The molecule has 2 aliphatic rings. The first kappa shape index (κ1) is 19.3. The quantitative estimate of drug-likeness (QED) is 0.629. The fraction of sp³-hybridized carbons (Fsp3) is 0.500. The molecule has 2 heterocycles. The van der Waals surface area contributed by atoms with E-state index in [1.165, 1.54) is 34.3 Å². The largest absolute Gasteiger partial charge is 0.339 e. The average molecular weight is 426 g/mol. The Bertz CT molecular complexity index is 970. The monoisotopic (exact) mass is 426 g/mol. The lowest BCUT2D eigenvalue weighted by Crippen LogP contribution is -2.51. The third-order valence-corrected chi connectivity index (χ3v) is 7.58. The van der Waals surface area contributed by atoms with Gasteiger partial charge in [0, 0.05) is 26.2 Å². The van der Waals surface area contributed by atoms with Gasteiger partial charge >= 0.3 is 0 Å². The Kier molecular flexibility index (Phi) is 5.34. The van der Waals surface area contributed by atoms with E-state index in [1.54, 1.807) is 9.58 Å².